The van der Waals surface area contributed by atoms with E-state index in [4.69, 9.17) is 0 Å². The normalized spacial score (nSPS) is 20.1. The highest BCUT2D eigenvalue weighted by molar-refractivity contribution is 7.89. The van der Waals surface area contributed by atoms with Crippen LogP contribution < -0.4 is 5.32 Å². The molecule has 0 saturated carbocycles. The number of fused-ring (bicyclic) bond motifs is 1. The summed E-state index contributed by atoms with van der Waals surface area (Å²) in [7, 11) is -3.44. The van der Waals surface area contributed by atoms with Gasteiger partial charge in [-0.1, -0.05) is 36.4 Å². The first-order chi connectivity index (χ1) is 9.60. The van der Waals surface area contributed by atoms with Gasteiger partial charge >= 0.3 is 0 Å². The molecule has 2 aromatic carbocycles. The number of benzene rings is 2. The predicted molar refractivity (Wildman–Crippen MR) is 87.4 cm³/mol. The van der Waals surface area contributed by atoms with Crippen LogP contribution in [0.3, 0.4) is 0 Å². The van der Waals surface area contributed by atoms with E-state index < -0.39 is 10.0 Å². The molecule has 4 nitrogen and oxygen atoms in total. The fourth-order valence-corrected chi connectivity index (χ4v) is 4.57. The molecule has 1 N–H and O–H groups in total. The number of sulfonamides is 1. The Kier molecular flexibility index (Phi) is 4.88. The molecular formula is C15H19ClN2O2S. The van der Waals surface area contributed by atoms with Crippen molar-refractivity contribution < 1.29 is 8.42 Å². The SMILES string of the molecule is C[C@@H]1CNCCN1S(=O)(=O)c1cccc2ccccc12.Cl. The summed E-state index contributed by atoms with van der Waals surface area (Å²) in [6.45, 7) is 3.86. The predicted octanol–water partition coefficient (Wildman–Crippen LogP) is 2.24. The lowest BCUT2D eigenvalue weighted by molar-refractivity contribution is 0.284. The Hall–Kier alpha value is -1.14. The third kappa shape index (κ3) is 2.92. The van der Waals surface area contributed by atoms with Crippen LogP contribution in [-0.4, -0.2) is 38.4 Å². The monoisotopic (exact) mass is 326 g/mol. The van der Waals surface area contributed by atoms with Gasteiger partial charge in [-0.05, 0) is 18.4 Å². The topological polar surface area (TPSA) is 49.4 Å². The average molecular weight is 327 g/mol. The molecule has 1 aliphatic heterocycles. The highest BCUT2D eigenvalue weighted by atomic mass is 35.5. The van der Waals surface area contributed by atoms with Crippen LogP contribution in [0.25, 0.3) is 10.8 Å². The molecule has 0 unspecified atom stereocenters. The molecule has 0 radical (unpaired) electrons. The zero-order chi connectivity index (χ0) is 14.2. The Morgan fingerprint density at radius 2 is 1.86 bits per heavy atom. The number of hydrogen-bond acceptors (Lipinski definition) is 3. The summed E-state index contributed by atoms with van der Waals surface area (Å²) in [5.41, 5.74) is 0. The third-order valence-corrected chi connectivity index (χ3v) is 5.85. The van der Waals surface area contributed by atoms with Gasteiger partial charge in [0.2, 0.25) is 10.0 Å². The Labute approximate surface area is 131 Å². The van der Waals surface area contributed by atoms with Gasteiger partial charge in [0, 0.05) is 31.1 Å². The minimum absolute atomic E-state index is 0. The van der Waals surface area contributed by atoms with Crippen LogP contribution in [0.5, 0.6) is 0 Å². The number of nitrogens with zero attached hydrogens (tertiary/aromatic N) is 1. The second-order valence-electron chi connectivity index (χ2n) is 5.15. The molecule has 1 saturated heterocycles. The zero-order valence-electron chi connectivity index (χ0n) is 11.8. The molecule has 0 aliphatic carbocycles. The van der Waals surface area contributed by atoms with Crippen LogP contribution in [0, 0.1) is 0 Å². The summed E-state index contributed by atoms with van der Waals surface area (Å²) in [4.78, 5) is 0.407. The molecule has 3 rings (SSSR count). The Morgan fingerprint density at radius 3 is 2.62 bits per heavy atom. The minimum atomic E-state index is -3.44. The first-order valence-electron chi connectivity index (χ1n) is 6.81. The molecule has 1 aliphatic rings. The summed E-state index contributed by atoms with van der Waals surface area (Å²) in [5.74, 6) is 0. The summed E-state index contributed by atoms with van der Waals surface area (Å²) in [5, 5.41) is 4.97. The van der Waals surface area contributed by atoms with Gasteiger partial charge in [-0.25, -0.2) is 8.42 Å². The van der Waals surface area contributed by atoms with Crippen molar-refractivity contribution in [2.45, 2.75) is 17.9 Å². The van der Waals surface area contributed by atoms with E-state index >= 15 is 0 Å². The van der Waals surface area contributed by atoms with Gasteiger partial charge in [-0.2, -0.15) is 4.31 Å². The molecule has 1 heterocycles. The fraction of sp³-hybridized carbons (Fsp3) is 0.333. The van der Waals surface area contributed by atoms with Crippen LogP contribution in [0.1, 0.15) is 6.92 Å². The van der Waals surface area contributed by atoms with E-state index in [1.165, 1.54) is 0 Å². The number of piperazine rings is 1. The van der Waals surface area contributed by atoms with Gasteiger partial charge in [0.1, 0.15) is 0 Å². The summed E-state index contributed by atoms with van der Waals surface area (Å²) in [6.07, 6.45) is 0. The summed E-state index contributed by atoms with van der Waals surface area (Å²) < 4.78 is 27.4. The molecule has 0 amide bonds. The lowest BCUT2D eigenvalue weighted by atomic mass is 10.1. The molecular weight excluding hydrogens is 308 g/mol. The lowest BCUT2D eigenvalue weighted by Crippen LogP contribution is -2.52. The molecule has 0 spiro atoms. The molecule has 1 atom stereocenters. The largest absolute Gasteiger partial charge is 0.314 e. The van der Waals surface area contributed by atoms with Crippen molar-refractivity contribution >= 4 is 33.2 Å². The average Bonchev–Trinajstić information content (AvgIpc) is 2.47. The fourth-order valence-electron chi connectivity index (χ4n) is 2.73. The maximum absolute atomic E-state index is 12.9. The second-order valence-corrected chi connectivity index (χ2v) is 7.01. The molecule has 2 aromatic rings. The van der Waals surface area contributed by atoms with Crippen LogP contribution in [0.4, 0.5) is 0 Å². The van der Waals surface area contributed by atoms with Crippen LogP contribution in [0.15, 0.2) is 47.4 Å². The van der Waals surface area contributed by atoms with E-state index in [1.54, 1.807) is 10.4 Å². The number of halogens is 1. The highest BCUT2D eigenvalue weighted by Crippen LogP contribution is 2.27. The number of hydrogen-bond donors (Lipinski definition) is 1. The first-order valence-corrected chi connectivity index (χ1v) is 8.25. The Morgan fingerprint density at radius 1 is 1.14 bits per heavy atom. The smallest absolute Gasteiger partial charge is 0.244 e. The standard InChI is InChI=1S/C15H18N2O2S.ClH/c1-12-11-16-9-10-17(12)20(18,19)15-8-4-6-13-5-2-3-7-14(13)15;/h2-8,12,16H,9-11H2,1H3;1H/t12-;/m1./s1. The number of rotatable bonds is 2. The van der Waals surface area contributed by atoms with Crippen molar-refractivity contribution in [3.63, 3.8) is 0 Å². The van der Waals surface area contributed by atoms with Crippen molar-refractivity contribution in [2.24, 2.45) is 0 Å². The lowest BCUT2D eigenvalue weighted by Gasteiger charge is -2.33. The summed E-state index contributed by atoms with van der Waals surface area (Å²) >= 11 is 0. The van der Waals surface area contributed by atoms with E-state index in [1.807, 2.05) is 43.3 Å². The van der Waals surface area contributed by atoms with Crippen molar-refractivity contribution in [1.82, 2.24) is 9.62 Å². The minimum Gasteiger partial charge on any atom is -0.314 e. The van der Waals surface area contributed by atoms with Gasteiger partial charge in [0.25, 0.3) is 0 Å². The van der Waals surface area contributed by atoms with E-state index in [2.05, 4.69) is 5.32 Å². The molecule has 0 bridgehead atoms. The van der Waals surface area contributed by atoms with Gasteiger partial charge in [0.15, 0.2) is 0 Å². The van der Waals surface area contributed by atoms with Crippen LogP contribution in [-0.2, 0) is 10.0 Å². The van der Waals surface area contributed by atoms with E-state index in [0.29, 0.717) is 24.5 Å². The molecule has 21 heavy (non-hydrogen) atoms. The van der Waals surface area contributed by atoms with Gasteiger partial charge < -0.3 is 5.32 Å². The quantitative estimate of drug-likeness (QED) is 0.921. The Bertz CT molecular complexity index is 728. The van der Waals surface area contributed by atoms with Gasteiger partial charge in [0.05, 0.1) is 4.90 Å². The van der Waals surface area contributed by atoms with E-state index in [9.17, 15) is 8.42 Å². The first kappa shape index (κ1) is 16.2. The highest BCUT2D eigenvalue weighted by Gasteiger charge is 2.31. The van der Waals surface area contributed by atoms with Gasteiger partial charge in [-0.3, -0.25) is 0 Å². The molecule has 1 fully saturated rings. The van der Waals surface area contributed by atoms with Crippen molar-refractivity contribution in [3.8, 4) is 0 Å². The second kappa shape index (κ2) is 6.32. The molecule has 0 aromatic heterocycles. The van der Waals surface area contributed by atoms with E-state index in [0.717, 1.165) is 10.8 Å². The van der Waals surface area contributed by atoms with Crippen molar-refractivity contribution in [2.75, 3.05) is 19.6 Å². The summed E-state index contributed by atoms with van der Waals surface area (Å²) in [6, 6.07) is 13.0. The third-order valence-electron chi connectivity index (χ3n) is 3.78. The van der Waals surface area contributed by atoms with E-state index in [-0.39, 0.29) is 18.4 Å². The Balaban J connectivity index is 0.00000161. The molecule has 114 valence electrons. The zero-order valence-corrected chi connectivity index (χ0v) is 13.5. The van der Waals surface area contributed by atoms with Crippen molar-refractivity contribution in [3.05, 3.63) is 42.5 Å². The number of nitrogens with one attached hydrogen (secondary N) is 1. The van der Waals surface area contributed by atoms with Crippen molar-refractivity contribution in [1.29, 1.82) is 0 Å². The van der Waals surface area contributed by atoms with Crippen LogP contribution in [0.2, 0.25) is 0 Å². The maximum atomic E-state index is 12.9. The maximum Gasteiger partial charge on any atom is 0.244 e. The molecule has 6 heteroatoms. The van der Waals surface area contributed by atoms with Crippen LogP contribution >= 0.6 is 12.4 Å². The van der Waals surface area contributed by atoms with Gasteiger partial charge in [-0.15, -0.1) is 12.4 Å².